The number of carbonyl (C=O) groups excluding carboxylic acids is 1. The van der Waals surface area contributed by atoms with Crippen LogP contribution in [-0.4, -0.2) is 28.4 Å². The third-order valence-corrected chi connectivity index (χ3v) is 3.68. The lowest BCUT2D eigenvalue weighted by Gasteiger charge is -2.22. The number of nitrogens with two attached hydrogens (primary N) is 1. The van der Waals surface area contributed by atoms with Crippen LogP contribution in [0, 0.1) is 5.92 Å². The van der Waals surface area contributed by atoms with Crippen LogP contribution in [0.15, 0.2) is 18.2 Å². The van der Waals surface area contributed by atoms with E-state index in [1.54, 1.807) is 7.11 Å². The first kappa shape index (κ1) is 15.6. The van der Waals surface area contributed by atoms with E-state index in [1.165, 1.54) is 0 Å². The van der Waals surface area contributed by atoms with E-state index >= 15 is 0 Å². The monoisotopic (exact) mass is 309 g/mol. The van der Waals surface area contributed by atoms with Gasteiger partial charge in [-0.2, -0.15) is 0 Å². The number of primary amides is 1. The minimum atomic E-state index is -0.458. The van der Waals surface area contributed by atoms with Crippen LogP contribution < -0.4 is 10.5 Å². The zero-order valence-corrected chi connectivity index (χ0v) is 13.2. The van der Waals surface area contributed by atoms with Crippen LogP contribution in [0.1, 0.15) is 25.7 Å². The van der Waals surface area contributed by atoms with Crippen molar-refractivity contribution in [3.05, 3.63) is 24.0 Å². The van der Waals surface area contributed by atoms with E-state index < -0.39 is 6.04 Å². The first-order valence-corrected chi connectivity index (χ1v) is 7.43. The Morgan fingerprint density at radius 1 is 1.48 bits per heavy atom. The fraction of sp³-hybridized carbons (Fsp3) is 0.467. The van der Waals surface area contributed by atoms with Gasteiger partial charge in [0.05, 0.1) is 18.1 Å². The molecule has 2 rings (SSSR count). The number of imidazole rings is 1. The Balaban J connectivity index is 2.71. The van der Waals surface area contributed by atoms with Crippen LogP contribution in [0.5, 0.6) is 5.75 Å². The highest BCUT2D eigenvalue weighted by atomic mass is 35.5. The SMILES string of the molecule is COc1ccc2nc(CCCl)n(C(C(N)=O)C(C)C)c2c1. The summed E-state index contributed by atoms with van der Waals surface area (Å²) in [4.78, 5) is 16.5. The summed E-state index contributed by atoms with van der Waals surface area (Å²) in [7, 11) is 1.61. The van der Waals surface area contributed by atoms with Gasteiger partial charge >= 0.3 is 0 Å². The normalized spacial score (nSPS) is 12.8. The van der Waals surface area contributed by atoms with Crippen molar-refractivity contribution in [2.45, 2.75) is 26.3 Å². The largest absolute Gasteiger partial charge is 0.497 e. The number of hydrogen-bond acceptors (Lipinski definition) is 3. The van der Waals surface area contributed by atoms with Crippen LogP contribution in [0.4, 0.5) is 0 Å². The fourth-order valence-corrected chi connectivity index (χ4v) is 2.74. The van der Waals surface area contributed by atoms with Gasteiger partial charge in [-0.1, -0.05) is 13.8 Å². The van der Waals surface area contributed by atoms with E-state index in [-0.39, 0.29) is 11.8 Å². The number of alkyl halides is 1. The molecule has 0 aliphatic carbocycles. The second kappa shape index (κ2) is 6.35. The average Bonchev–Trinajstić information content (AvgIpc) is 2.76. The number of benzene rings is 1. The number of aromatic nitrogens is 2. The first-order valence-electron chi connectivity index (χ1n) is 6.89. The van der Waals surface area contributed by atoms with Gasteiger partial charge in [0.2, 0.25) is 5.91 Å². The molecule has 0 aliphatic rings. The highest BCUT2D eigenvalue weighted by Gasteiger charge is 2.26. The third-order valence-electron chi connectivity index (χ3n) is 3.49. The standard InChI is InChI=1S/C15H20ClN3O2/c1-9(2)14(15(17)20)19-12-8-10(21-3)4-5-11(12)18-13(19)6-7-16/h4-5,8-9,14H,6-7H2,1-3H3,(H2,17,20). The van der Waals surface area contributed by atoms with Gasteiger partial charge in [-0.25, -0.2) is 4.98 Å². The highest BCUT2D eigenvalue weighted by Crippen LogP contribution is 2.29. The maximum atomic E-state index is 11.9. The van der Waals surface area contributed by atoms with Crippen molar-refractivity contribution in [3.8, 4) is 5.75 Å². The number of fused-ring (bicyclic) bond motifs is 1. The minimum Gasteiger partial charge on any atom is -0.497 e. The van der Waals surface area contributed by atoms with Crippen molar-refractivity contribution in [2.24, 2.45) is 11.7 Å². The van der Waals surface area contributed by atoms with Gasteiger partial charge in [0.25, 0.3) is 0 Å². The number of aryl methyl sites for hydroxylation is 1. The summed E-state index contributed by atoms with van der Waals surface area (Å²) >= 11 is 5.86. The summed E-state index contributed by atoms with van der Waals surface area (Å²) in [6.45, 7) is 3.93. The van der Waals surface area contributed by atoms with E-state index in [0.29, 0.717) is 18.1 Å². The highest BCUT2D eigenvalue weighted by molar-refractivity contribution is 6.17. The second-order valence-corrected chi connectivity index (χ2v) is 5.66. The second-order valence-electron chi connectivity index (χ2n) is 5.28. The van der Waals surface area contributed by atoms with Crippen LogP contribution in [0.25, 0.3) is 11.0 Å². The summed E-state index contributed by atoms with van der Waals surface area (Å²) in [5.74, 6) is 1.60. The number of carbonyl (C=O) groups is 1. The molecule has 0 radical (unpaired) electrons. The molecule has 0 saturated carbocycles. The molecule has 1 amide bonds. The Morgan fingerprint density at radius 2 is 2.19 bits per heavy atom. The van der Waals surface area contributed by atoms with Gasteiger partial charge < -0.3 is 15.0 Å². The number of rotatable bonds is 6. The van der Waals surface area contributed by atoms with Crippen LogP contribution in [0.2, 0.25) is 0 Å². The zero-order chi connectivity index (χ0) is 15.6. The molecular weight excluding hydrogens is 290 g/mol. The smallest absolute Gasteiger partial charge is 0.240 e. The summed E-state index contributed by atoms with van der Waals surface area (Å²) in [6.07, 6.45) is 0.578. The van der Waals surface area contributed by atoms with E-state index in [4.69, 9.17) is 22.1 Å². The van der Waals surface area contributed by atoms with Crippen molar-refractivity contribution >= 4 is 28.5 Å². The molecule has 1 atom stereocenters. The molecule has 0 fully saturated rings. The molecular formula is C15H20ClN3O2. The lowest BCUT2D eigenvalue weighted by atomic mass is 10.0. The van der Waals surface area contributed by atoms with Crippen LogP contribution in [0.3, 0.4) is 0 Å². The van der Waals surface area contributed by atoms with Crippen molar-refractivity contribution in [3.63, 3.8) is 0 Å². The first-order chi connectivity index (χ1) is 9.99. The Labute approximate surface area is 129 Å². The Hall–Kier alpha value is -1.75. The van der Waals surface area contributed by atoms with Crippen molar-refractivity contribution in [2.75, 3.05) is 13.0 Å². The number of amides is 1. The topological polar surface area (TPSA) is 70.1 Å². The predicted molar refractivity (Wildman–Crippen MR) is 83.8 cm³/mol. The van der Waals surface area contributed by atoms with Gasteiger partial charge in [0.15, 0.2) is 0 Å². The number of nitrogens with zero attached hydrogens (tertiary/aromatic N) is 2. The van der Waals surface area contributed by atoms with Crippen molar-refractivity contribution < 1.29 is 9.53 Å². The van der Waals surface area contributed by atoms with Crippen LogP contribution in [-0.2, 0) is 11.2 Å². The Kier molecular flexibility index (Phi) is 4.73. The maximum absolute atomic E-state index is 11.9. The molecule has 6 heteroatoms. The van der Waals surface area contributed by atoms with E-state index in [2.05, 4.69) is 4.98 Å². The lowest BCUT2D eigenvalue weighted by molar-refractivity contribution is -0.122. The van der Waals surface area contributed by atoms with Crippen molar-refractivity contribution in [1.29, 1.82) is 0 Å². The molecule has 0 aliphatic heterocycles. The molecule has 0 saturated heterocycles. The lowest BCUT2D eigenvalue weighted by Crippen LogP contribution is -2.31. The molecule has 0 bridgehead atoms. The summed E-state index contributed by atoms with van der Waals surface area (Å²) in [6, 6.07) is 5.14. The number of halogens is 1. The number of methoxy groups -OCH3 is 1. The third kappa shape index (κ3) is 2.97. The summed E-state index contributed by atoms with van der Waals surface area (Å²) in [5, 5.41) is 0. The average molecular weight is 310 g/mol. The van der Waals surface area contributed by atoms with E-state index in [1.807, 2.05) is 36.6 Å². The van der Waals surface area contributed by atoms with Crippen molar-refractivity contribution in [1.82, 2.24) is 9.55 Å². The van der Waals surface area contributed by atoms with E-state index in [0.717, 1.165) is 16.9 Å². The molecule has 0 spiro atoms. The van der Waals surface area contributed by atoms with Gasteiger partial charge in [0.1, 0.15) is 17.6 Å². The molecule has 1 aromatic carbocycles. The quantitative estimate of drug-likeness (QED) is 0.833. The molecule has 1 heterocycles. The molecule has 1 unspecified atom stereocenters. The number of ether oxygens (including phenoxy) is 1. The van der Waals surface area contributed by atoms with E-state index in [9.17, 15) is 4.79 Å². The molecule has 2 N–H and O–H groups in total. The predicted octanol–water partition coefficient (Wildman–Crippen LogP) is 2.51. The van der Waals surface area contributed by atoms with Gasteiger partial charge in [-0.3, -0.25) is 4.79 Å². The molecule has 21 heavy (non-hydrogen) atoms. The summed E-state index contributed by atoms with van der Waals surface area (Å²) in [5.41, 5.74) is 7.25. The fourth-order valence-electron chi connectivity index (χ4n) is 2.57. The molecule has 1 aromatic heterocycles. The maximum Gasteiger partial charge on any atom is 0.240 e. The van der Waals surface area contributed by atoms with Crippen LogP contribution >= 0.6 is 11.6 Å². The Bertz CT molecular complexity index is 652. The minimum absolute atomic E-state index is 0.0557. The number of hydrogen-bond donors (Lipinski definition) is 1. The zero-order valence-electron chi connectivity index (χ0n) is 12.5. The Morgan fingerprint density at radius 3 is 2.71 bits per heavy atom. The molecule has 2 aromatic rings. The van der Waals surface area contributed by atoms with Gasteiger partial charge in [0, 0.05) is 18.4 Å². The van der Waals surface area contributed by atoms with Gasteiger partial charge in [-0.05, 0) is 18.1 Å². The molecule has 114 valence electrons. The van der Waals surface area contributed by atoms with Gasteiger partial charge in [-0.15, -0.1) is 11.6 Å². The summed E-state index contributed by atoms with van der Waals surface area (Å²) < 4.78 is 7.16. The molecule has 5 nitrogen and oxygen atoms in total.